The molecular weight excluding hydrogens is 386 g/mol. The lowest BCUT2D eigenvalue weighted by atomic mass is 10.1. The lowest BCUT2D eigenvalue weighted by Gasteiger charge is -2.17. The molecule has 1 aromatic heterocycles. The minimum Gasteiger partial charge on any atom is -0.347 e. The van der Waals surface area contributed by atoms with Crippen LogP contribution in [0.4, 0.5) is 5.69 Å². The van der Waals surface area contributed by atoms with Crippen LogP contribution < -0.4 is 16.5 Å². The van der Waals surface area contributed by atoms with Crippen LogP contribution in [-0.2, 0) is 0 Å². The molecular formula is C18H24ClN5O4. The first-order valence-corrected chi connectivity index (χ1v) is 8.74. The number of nitrogens with zero attached hydrogens (tertiary/aromatic N) is 3. The topological polar surface area (TPSA) is 133 Å². The summed E-state index contributed by atoms with van der Waals surface area (Å²) in [5, 5.41) is 18.1. The highest BCUT2D eigenvalue weighted by Gasteiger charge is 2.21. The number of carbonyl (C=O) groups excluding carboxylic acids is 1. The average molecular weight is 410 g/mol. The molecule has 0 aliphatic carbocycles. The molecule has 0 saturated heterocycles. The summed E-state index contributed by atoms with van der Waals surface area (Å²) in [6, 6.07) is 6.97. The van der Waals surface area contributed by atoms with E-state index in [0.717, 1.165) is 12.8 Å². The number of rotatable bonds is 8. The Morgan fingerprint density at radius 2 is 2.07 bits per heavy atom. The van der Waals surface area contributed by atoms with Gasteiger partial charge in [-0.05, 0) is 19.4 Å². The van der Waals surface area contributed by atoms with E-state index in [1.165, 1.54) is 28.9 Å². The van der Waals surface area contributed by atoms with Gasteiger partial charge in [0, 0.05) is 30.4 Å². The zero-order chi connectivity index (χ0) is 20.0. The van der Waals surface area contributed by atoms with Crippen LogP contribution in [0.1, 0.15) is 42.4 Å². The maximum absolute atomic E-state index is 12.5. The molecule has 0 aliphatic rings. The van der Waals surface area contributed by atoms with Crippen molar-refractivity contribution in [2.75, 3.05) is 6.54 Å². The molecule has 9 nitrogen and oxygen atoms in total. The monoisotopic (exact) mass is 409 g/mol. The van der Waals surface area contributed by atoms with Crippen LogP contribution in [0.25, 0.3) is 5.69 Å². The minimum absolute atomic E-state index is 0. The van der Waals surface area contributed by atoms with Crippen LogP contribution in [0.2, 0.25) is 0 Å². The fourth-order valence-electron chi connectivity index (χ4n) is 2.70. The van der Waals surface area contributed by atoms with Gasteiger partial charge in [0.1, 0.15) is 5.69 Å². The van der Waals surface area contributed by atoms with Gasteiger partial charge in [-0.3, -0.25) is 19.7 Å². The predicted octanol–water partition coefficient (Wildman–Crippen LogP) is 2.12. The molecule has 1 unspecified atom stereocenters. The number of nitrogens with one attached hydrogen (secondary N) is 1. The summed E-state index contributed by atoms with van der Waals surface area (Å²) in [6.07, 6.45) is 2.55. The van der Waals surface area contributed by atoms with Gasteiger partial charge >= 0.3 is 0 Å². The molecule has 1 aromatic carbocycles. The molecule has 0 bridgehead atoms. The predicted molar refractivity (Wildman–Crippen MR) is 108 cm³/mol. The summed E-state index contributed by atoms with van der Waals surface area (Å²) >= 11 is 0. The Bertz CT molecular complexity index is 900. The summed E-state index contributed by atoms with van der Waals surface area (Å²) in [4.78, 5) is 35.5. The van der Waals surface area contributed by atoms with Crippen LogP contribution in [0.15, 0.2) is 35.1 Å². The number of aromatic nitrogens is 2. The van der Waals surface area contributed by atoms with Crippen LogP contribution in [0.5, 0.6) is 0 Å². The van der Waals surface area contributed by atoms with Crippen molar-refractivity contribution >= 4 is 24.0 Å². The Morgan fingerprint density at radius 3 is 2.68 bits per heavy atom. The van der Waals surface area contributed by atoms with E-state index in [1.54, 1.807) is 13.0 Å². The lowest BCUT2D eigenvalue weighted by Crippen LogP contribution is -2.42. The van der Waals surface area contributed by atoms with E-state index < -0.39 is 16.3 Å². The number of carbonyl (C=O) groups is 1. The number of para-hydroxylation sites is 2. The number of halogens is 1. The van der Waals surface area contributed by atoms with Gasteiger partial charge in [0.2, 0.25) is 5.43 Å². The molecule has 152 valence electrons. The number of hydrogen-bond donors (Lipinski definition) is 2. The van der Waals surface area contributed by atoms with Crippen molar-refractivity contribution in [1.82, 2.24) is 15.1 Å². The van der Waals surface area contributed by atoms with E-state index in [-0.39, 0.29) is 42.1 Å². The summed E-state index contributed by atoms with van der Waals surface area (Å²) in [6.45, 7) is 3.87. The number of benzene rings is 1. The molecule has 10 heteroatoms. The van der Waals surface area contributed by atoms with Gasteiger partial charge in [-0.1, -0.05) is 31.9 Å². The van der Waals surface area contributed by atoms with Crippen LogP contribution in [0.3, 0.4) is 0 Å². The second-order valence-electron chi connectivity index (χ2n) is 6.20. The number of unbranched alkanes of at least 4 members (excludes halogenated alkanes) is 1. The minimum atomic E-state index is -0.640. The van der Waals surface area contributed by atoms with Crippen molar-refractivity contribution in [2.24, 2.45) is 5.73 Å². The van der Waals surface area contributed by atoms with Crippen molar-refractivity contribution in [3.05, 3.63) is 62.1 Å². The van der Waals surface area contributed by atoms with E-state index >= 15 is 0 Å². The Labute approximate surface area is 168 Å². The summed E-state index contributed by atoms with van der Waals surface area (Å²) in [5.74, 6) is -0.640. The zero-order valence-corrected chi connectivity index (χ0v) is 16.6. The maximum atomic E-state index is 12.5. The number of nitro benzene ring substituents is 1. The molecule has 28 heavy (non-hydrogen) atoms. The fourth-order valence-corrected chi connectivity index (χ4v) is 2.70. The van der Waals surface area contributed by atoms with E-state index in [4.69, 9.17) is 5.73 Å². The fraction of sp³-hybridized carbons (Fsp3) is 0.389. The SMILES string of the molecule is CCCCC(CN)NC(=O)c1nn(-c2ccccc2[N+](=O)[O-])c(C)cc1=O.Cl. The number of nitro groups is 1. The first-order valence-electron chi connectivity index (χ1n) is 8.74. The van der Waals surface area contributed by atoms with E-state index in [2.05, 4.69) is 10.4 Å². The number of nitrogens with two attached hydrogens (primary N) is 1. The maximum Gasteiger partial charge on any atom is 0.294 e. The first-order chi connectivity index (χ1) is 12.9. The molecule has 0 fully saturated rings. The van der Waals surface area contributed by atoms with Gasteiger partial charge in [0.15, 0.2) is 5.69 Å². The van der Waals surface area contributed by atoms with Crippen LogP contribution in [0, 0.1) is 17.0 Å². The molecule has 2 rings (SSSR count). The molecule has 0 radical (unpaired) electrons. The molecule has 0 spiro atoms. The molecule has 1 heterocycles. The van der Waals surface area contributed by atoms with E-state index in [0.29, 0.717) is 12.1 Å². The van der Waals surface area contributed by atoms with Gasteiger partial charge in [-0.25, -0.2) is 4.68 Å². The first kappa shape index (κ1) is 23.3. The standard InChI is InChI=1S/C18H23N5O4.ClH/c1-3-4-7-13(11-19)20-18(25)17-16(24)10-12(2)22(21-17)14-8-5-6-9-15(14)23(26)27;/h5-6,8-10,13H,3-4,7,11,19H2,1-2H3,(H,20,25);1H. The quantitative estimate of drug-likeness (QED) is 0.506. The Balaban J connectivity index is 0.00000392. The highest BCUT2D eigenvalue weighted by Crippen LogP contribution is 2.22. The molecule has 1 amide bonds. The molecule has 1 atom stereocenters. The molecule has 0 aliphatic heterocycles. The Kier molecular flexibility index (Phi) is 8.75. The van der Waals surface area contributed by atoms with Crippen molar-refractivity contribution < 1.29 is 9.72 Å². The summed E-state index contributed by atoms with van der Waals surface area (Å²) in [5.41, 5.74) is 5.19. The van der Waals surface area contributed by atoms with Crippen LogP contribution >= 0.6 is 12.4 Å². The van der Waals surface area contributed by atoms with Crippen molar-refractivity contribution in [1.29, 1.82) is 0 Å². The van der Waals surface area contributed by atoms with Gasteiger partial charge in [-0.2, -0.15) is 5.10 Å². The van der Waals surface area contributed by atoms with E-state index in [9.17, 15) is 19.7 Å². The largest absolute Gasteiger partial charge is 0.347 e. The highest BCUT2D eigenvalue weighted by molar-refractivity contribution is 5.92. The van der Waals surface area contributed by atoms with E-state index in [1.807, 2.05) is 6.92 Å². The molecule has 3 N–H and O–H groups in total. The average Bonchev–Trinajstić information content (AvgIpc) is 2.65. The summed E-state index contributed by atoms with van der Waals surface area (Å²) in [7, 11) is 0. The number of hydrogen-bond acceptors (Lipinski definition) is 6. The summed E-state index contributed by atoms with van der Waals surface area (Å²) < 4.78 is 1.23. The zero-order valence-electron chi connectivity index (χ0n) is 15.8. The van der Waals surface area contributed by atoms with Gasteiger partial charge < -0.3 is 11.1 Å². The van der Waals surface area contributed by atoms with Crippen molar-refractivity contribution in [3.8, 4) is 5.69 Å². The Morgan fingerprint density at radius 1 is 1.39 bits per heavy atom. The van der Waals surface area contributed by atoms with Crippen molar-refractivity contribution in [2.45, 2.75) is 39.2 Å². The lowest BCUT2D eigenvalue weighted by molar-refractivity contribution is -0.384. The highest BCUT2D eigenvalue weighted by atomic mass is 35.5. The normalized spacial score (nSPS) is 11.4. The third kappa shape index (κ3) is 5.37. The van der Waals surface area contributed by atoms with Gasteiger partial charge in [0.05, 0.1) is 4.92 Å². The Hall–Kier alpha value is -2.78. The number of amides is 1. The second-order valence-corrected chi connectivity index (χ2v) is 6.20. The van der Waals surface area contributed by atoms with Crippen LogP contribution in [-0.4, -0.2) is 33.2 Å². The van der Waals surface area contributed by atoms with Gasteiger partial charge in [-0.15, -0.1) is 12.4 Å². The third-order valence-corrected chi connectivity index (χ3v) is 4.16. The molecule has 0 saturated carbocycles. The number of aryl methyl sites for hydroxylation is 1. The van der Waals surface area contributed by atoms with Gasteiger partial charge in [0.25, 0.3) is 11.6 Å². The van der Waals surface area contributed by atoms with Crippen molar-refractivity contribution in [3.63, 3.8) is 0 Å². The smallest absolute Gasteiger partial charge is 0.294 e. The second kappa shape index (κ2) is 10.5. The third-order valence-electron chi connectivity index (χ3n) is 4.16. The molecule has 2 aromatic rings.